The Hall–Kier alpha value is -1.89. The van der Waals surface area contributed by atoms with Crippen LogP contribution < -0.4 is 5.82 Å². The predicted octanol–water partition coefficient (Wildman–Crippen LogP) is 5.33. The highest BCUT2D eigenvalue weighted by molar-refractivity contribution is 9.10. The fourth-order valence-corrected chi connectivity index (χ4v) is 3.68. The second-order valence-electron chi connectivity index (χ2n) is 5.27. The van der Waals surface area contributed by atoms with Gasteiger partial charge in [0.1, 0.15) is 11.3 Å². The molecule has 0 aliphatic rings. The Kier molecular flexibility index (Phi) is 4.87. The summed E-state index contributed by atoms with van der Waals surface area (Å²) in [7, 11) is 0. The predicted molar refractivity (Wildman–Crippen MR) is 85.4 cm³/mol. The Bertz CT molecular complexity index is 1070. The fourth-order valence-electron chi connectivity index (χ4n) is 2.40. The number of halogens is 7. The van der Waals surface area contributed by atoms with E-state index < -0.39 is 52.1 Å². The lowest BCUT2D eigenvalue weighted by atomic mass is 10.3. The van der Waals surface area contributed by atoms with Crippen molar-refractivity contribution >= 4 is 38.7 Å². The molecule has 0 saturated heterocycles. The van der Waals surface area contributed by atoms with E-state index in [0.717, 1.165) is 6.07 Å². The number of hydrogen-bond donors (Lipinski definition) is 0. The van der Waals surface area contributed by atoms with Gasteiger partial charge in [0, 0.05) is 9.37 Å². The zero-order valence-corrected chi connectivity index (χ0v) is 15.4. The third-order valence-electron chi connectivity index (χ3n) is 3.40. The highest BCUT2D eigenvalue weighted by Crippen LogP contribution is 2.43. The molecule has 0 bridgehead atoms. The van der Waals surface area contributed by atoms with Crippen LogP contribution in [-0.2, 0) is 12.7 Å². The number of fused-ring (bicyclic) bond motifs is 1. The number of alkyl halides is 6. The maximum atomic E-state index is 13.4. The summed E-state index contributed by atoms with van der Waals surface area (Å²) >= 11 is 2.42. The molecular weight excluding hydrogens is 470 g/mol. The Morgan fingerprint density at radius 1 is 1.19 bits per heavy atom. The number of aryl methyl sites for hydroxylation is 1. The van der Waals surface area contributed by atoms with Crippen molar-refractivity contribution in [3.8, 4) is 0 Å². The molecule has 0 unspecified atom stereocenters. The second kappa shape index (κ2) is 6.62. The molecule has 0 aliphatic heterocycles. The van der Waals surface area contributed by atoms with E-state index in [-0.39, 0.29) is 21.5 Å². The second-order valence-corrected chi connectivity index (χ2v) is 7.29. The fraction of sp³-hybridized carbons (Fsp3) is 0.286. The van der Waals surface area contributed by atoms with Crippen LogP contribution in [0.2, 0.25) is 0 Å². The van der Waals surface area contributed by atoms with Gasteiger partial charge in [0.25, 0.3) is 0 Å². The molecule has 3 aromatic rings. The average molecular weight is 477 g/mol. The van der Waals surface area contributed by atoms with Crippen LogP contribution in [0.25, 0.3) is 11.0 Å². The zero-order chi connectivity index (χ0) is 20.1. The minimum Gasteiger partial charge on any atom is -0.396 e. The smallest absolute Gasteiger partial charge is 0.396 e. The number of imidazole rings is 1. The quantitative estimate of drug-likeness (QED) is 0.377. The van der Waals surface area contributed by atoms with Crippen molar-refractivity contribution in [3.63, 3.8) is 0 Å². The molecule has 0 amide bonds. The van der Waals surface area contributed by atoms with Crippen molar-refractivity contribution in [2.24, 2.45) is 0 Å². The van der Waals surface area contributed by atoms with Crippen LogP contribution in [0.4, 0.5) is 26.3 Å². The molecular formula is C14H7BrF6N2O3S. The summed E-state index contributed by atoms with van der Waals surface area (Å²) < 4.78 is 88.7. The summed E-state index contributed by atoms with van der Waals surface area (Å²) in [6.45, 7) is 0.711. The van der Waals surface area contributed by atoms with Gasteiger partial charge in [-0.15, -0.1) is 0 Å². The molecule has 2 aromatic heterocycles. The summed E-state index contributed by atoms with van der Waals surface area (Å²) in [5.74, 6) is -2.78. The van der Waals surface area contributed by atoms with Gasteiger partial charge in [-0.3, -0.25) is 0 Å². The third-order valence-corrected chi connectivity index (χ3v) is 4.62. The van der Waals surface area contributed by atoms with E-state index in [9.17, 15) is 31.1 Å². The Balaban J connectivity index is 2.26. The van der Waals surface area contributed by atoms with E-state index in [1.807, 2.05) is 0 Å². The van der Waals surface area contributed by atoms with E-state index in [1.54, 1.807) is 0 Å². The molecule has 0 N–H and O–H groups in total. The van der Waals surface area contributed by atoms with Crippen LogP contribution in [-0.4, -0.2) is 15.1 Å². The topological polar surface area (TPSA) is 61.2 Å². The van der Waals surface area contributed by atoms with Crippen LogP contribution in [0, 0.1) is 6.92 Å². The number of rotatable bonds is 3. The van der Waals surface area contributed by atoms with Crippen molar-refractivity contribution in [3.05, 3.63) is 44.6 Å². The average Bonchev–Trinajstić information content (AvgIpc) is 2.98. The van der Waals surface area contributed by atoms with Crippen molar-refractivity contribution in [1.29, 1.82) is 0 Å². The Labute approximate surface area is 158 Å². The largest absolute Gasteiger partial charge is 0.519 e. The lowest BCUT2D eigenvalue weighted by Crippen LogP contribution is -2.15. The third kappa shape index (κ3) is 4.18. The van der Waals surface area contributed by atoms with Crippen molar-refractivity contribution in [1.82, 2.24) is 9.55 Å². The number of benzene rings is 1. The minimum absolute atomic E-state index is 0.0464. The lowest BCUT2D eigenvalue weighted by Gasteiger charge is -2.10. The monoisotopic (exact) mass is 476 g/mol. The highest BCUT2D eigenvalue weighted by atomic mass is 79.9. The summed E-state index contributed by atoms with van der Waals surface area (Å²) in [6, 6.07) is 2.23. The normalized spacial score (nSPS) is 12.9. The molecule has 0 aliphatic carbocycles. The van der Waals surface area contributed by atoms with Crippen LogP contribution in [0.3, 0.4) is 0 Å². The van der Waals surface area contributed by atoms with Gasteiger partial charge in [-0.25, -0.2) is 9.78 Å². The van der Waals surface area contributed by atoms with E-state index in [1.165, 1.54) is 13.0 Å². The zero-order valence-electron chi connectivity index (χ0n) is 13.0. The molecule has 0 saturated carbocycles. The summed E-state index contributed by atoms with van der Waals surface area (Å²) in [4.78, 5) is 14.0. The van der Waals surface area contributed by atoms with Gasteiger partial charge >= 0.3 is 17.5 Å². The first-order chi connectivity index (χ1) is 12.3. The highest BCUT2D eigenvalue weighted by Gasteiger charge is 2.39. The molecule has 3 rings (SSSR count). The van der Waals surface area contributed by atoms with E-state index >= 15 is 0 Å². The van der Waals surface area contributed by atoms with Crippen molar-refractivity contribution < 1.29 is 35.2 Å². The molecule has 0 radical (unpaired) electrons. The maximum Gasteiger partial charge on any atom is 0.519 e. The molecule has 27 heavy (non-hydrogen) atoms. The Morgan fingerprint density at radius 2 is 1.85 bits per heavy atom. The standard InChI is InChI=1S/C14H7BrF6N2O3S/c1-5-8(26-12(24)25-5)4-23-7-2-6(15)3-9(27-14(19,20)21)10(7)22-11(23)13(16,17)18/h2-3H,4H2,1H3. The first-order valence-electron chi connectivity index (χ1n) is 6.97. The number of nitrogens with zero attached hydrogens (tertiary/aromatic N) is 2. The number of aromatic nitrogens is 2. The number of thioether (sulfide) groups is 1. The van der Waals surface area contributed by atoms with E-state index in [0.29, 0.717) is 4.57 Å². The first-order valence-corrected chi connectivity index (χ1v) is 8.58. The van der Waals surface area contributed by atoms with Crippen molar-refractivity contribution in [2.75, 3.05) is 0 Å². The maximum absolute atomic E-state index is 13.4. The van der Waals surface area contributed by atoms with Gasteiger partial charge in [-0.05, 0) is 30.8 Å². The molecule has 5 nitrogen and oxygen atoms in total. The van der Waals surface area contributed by atoms with Crippen LogP contribution in [0.5, 0.6) is 0 Å². The van der Waals surface area contributed by atoms with Gasteiger partial charge in [0.05, 0.1) is 12.1 Å². The molecule has 1 aromatic carbocycles. The molecule has 13 heteroatoms. The minimum atomic E-state index is -4.95. The SMILES string of the molecule is Cc1oc(=O)oc1Cn1c(C(F)(F)F)nc2c(SC(F)(F)F)cc(Br)cc21. The summed E-state index contributed by atoms with van der Waals surface area (Å²) in [6.07, 6.45) is -4.95. The molecule has 2 heterocycles. The number of hydrogen-bond acceptors (Lipinski definition) is 5. The van der Waals surface area contributed by atoms with Crippen LogP contribution in [0.1, 0.15) is 17.3 Å². The molecule has 0 atom stereocenters. The van der Waals surface area contributed by atoms with E-state index in [4.69, 9.17) is 4.42 Å². The molecule has 146 valence electrons. The van der Waals surface area contributed by atoms with E-state index in [2.05, 4.69) is 25.3 Å². The Morgan fingerprint density at radius 3 is 2.37 bits per heavy atom. The molecule has 0 fully saturated rings. The van der Waals surface area contributed by atoms with Gasteiger partial charge < -0.3 is 13.4 Å². The van der Waals surface area contributed by atoms with Gasteiger partial charge in [0.2, 0.25) is 5.82 Å². The first kappa shape index (κ1) is 19.9. The molecule has 0 spiro atoms. The van der Waals surface area contributed by atoms with Crippen molar-refractivity contribution in [2.45, 2.75) is 30.0 Å². The summed E-state index contributed by atoms with van der Waals surface area (Å²) in [5.41, 5.74) is -5.41. The summed E-state index contributed by atoms with van der Waals surface area (Å²) in [5, 5.41) is 0. The van der Waals surface area contributed by atoms with Crippen LogP contribution in [0.15, 0.2) is 35.1 Å². The van der Waals surface area contributed by atoms with Crippen LogP contribution >= 0.6 is 27.7 Å². The van der Waals surface area contributed by atoms with Gasteiger partial charge in [0.15, 0.2) is 5.76 Å². The lowest BCUT2D eigenvalue weighted by molar-refractivity contribution is -0.146. The van der Waals surface area contributed by atoms with Gasteiger partial charge in [-0.1, -0.05) is 15.9 Å². The van der Waals surface area contributed by atoms with Gasteiger partial charge in [-0.2, -0.15) is 26.3 Å².